The number of urea groups is 1. The van der Waals surface area contributed by atoms with Gasteiger partial charge in [-0.25, -0.2) is 18.4 Å². The topological polar surface area (TPSA) is 131 Å². The number of anilines is 1. The highest BCUT2D eigenvalue weighted by molar-refractivity contribution is 7.89. The molecule has 1 fully saturated rings. The number of nitrogens with one attached hydrogen (secondary N) is 1. The van der Waals surface area contributed by atoms with Crippen LogP contribution in [0.25, 0.3) is 0 Å². The summed E-state index contributed by atoms with van der Waals surface area (Å²) in [6.45, 7) is 1.40. The van der Waals surface area contributed by atoms with Gasteiger partial charge in [0, 0.05) is 31.4 Å². The molecule has 2 aromatic rings. The molecule has 0 spiro atoms. The second-order valence-electron chi connectivity index (χ2n) is 7.18. The molecule has 3 N–H and O–H groups in total. The molecule has 11 heteroatoms. The van der Waals surface area contributed by atoms with Gasteiger partial charge >= 0.3 is 6.03 Å². The Balaban J connectivity index is 1.26. The molecular weight excluding hydrogens is 424 g/mol. The van der Waals surface area contributed by atoms with E-state index in [9.17, 15) is 18.0 Å². The Bertz CT molecular complexity index is 1100. The number of fused-ring (bicyclic) bond motifs is 1. The zero-order valence-electron chi connectivity index (χ0n) is 16.6. The third-order valence-corrected chi connectivity index (χ3v) is 6.01. The van der Waals surface area contributed by atoms with Gasteiger partial charge < -0.3 is 19.7 Å². The zero-order chi connectivity index (χ0) is 22.0. The maximum absolute atomic E-state index is 12.7. The SMILES string of the molecule is NS(=O)(=O)c1ccc(CCNC(=O)CN2CCN(c3ccc4c(c3)OCO4)C2=O)cc1. The van der Waals surface area contributed by atoms with Gasteiger partial charge in [-0.3, -0.25) is 9.69 Å². The van der Waals surface area contributed by atoms with Crippen LogP contribution in [-0.2, 0) is 21.2 Å². The number of benzene rings is 2. The summed E-state index contributed by atoms with van der Waals surface area (Å²) in [7, 11) is -3.72. The van der Waals surface area contributed by atoms with Crippen LogP contribution in [0.15, 0.2) is 47.4 Å². The van der Waals surface area contributed by atoms with Crippen LogP contribution in [0, 0.1) is 0 Å². The Hall–Kier alpha value is -3.31. The predicted molar refractivity (Wildman–Crippen MR) is 111 cm³/mol. The van der Waals surface area contributed by atoms with Gasteiger partial charge in [-0.1, -0.05) is 12.1 Å². The summed E-state index contributed by atoms with van der Waals surface area (Å²) in [6.07, 6.45) is 0.522. The van der Waals surface area contributed by atoms with E-state index in [0.717, 1.165) is 5.56 Å². The van der Waals surface area contributed by atoms with Crippen molar-refractivity contribution in [1.82, 2.24) is 10.2 Å². The molecule has 4 rings (SSSR count). The quantitative estimate of drug-likeness (QED) is 0.643. The summed E-state index contributed by atoms with van der Waals surface area (Å²) in [5.41, 5.74) is 1.55. The molecule has 10 nitrogen and oxygen atoms in total. The van der Waals surface area contributed by atoms with Gasteiger partial charge in [-0.05, 0) is 36.2 Å². The Morgan fingerprint density at radius 3 is 2.55 bits per heavy atom. The number of rotatable bonds is 7. The van der Waals surface area contributed by atoms with E-state index >= 15 is 0 Å². The fourth-order valence-electron chi connectivity index (χ4n) is 3.44. The average molecular weight is 446 g/mol. The van der Waals surface area contributed by atoms with Crippen molar-refractivity contribution in [3.05, 3.63) is 48.0 Å². The maximum Gasteiger partial charge on any atom is 0.325 e. The molecule has 0 aliphatic carbocycles. The standard InChI is InChI=1S/C20H22N4O6S/c21-31(27,28)16-4-1-14(2-5-16)7-8-22-19(25)12-23-9-10-24(20(23)26)15-3-6-17-18(11-15)30-13-29-17/h1-6,11H,7-10,12-13H2,(H,22,25)(H2,21,27,28). The van der Waals surface area contributed by atoms with E-state index in [-0.39, 0.29) is 30.2 Å². The van der Waals surface area contributed by atoms with E-state index in [1.165, 1.54) is 17.0 Å². The van der Waals surface area contributed by atoms with Gasteiger partial charge in [0.15, 0.2) is 11.5 Å². The molecule has 0 saturated carbocycles. The van der Waals surface area contributed by atoms with Crippen molar-refractivity contribution >= 4 is 27.6 Å². The van der Waals surface area contributed by atoms with Crippen LogP contribution < -0.4 is 24.8 Å². The Labute approximate surface area is 179 Å². The zero-order valence-corrected chi connectivity index (χ0v) is 17.4. The fraction of sp³-hybridized carbons (Fsp3) is 0.300. The number of amides is 3. The Kier molecular flexibility index (Phi) is 5.70. The van der Waals surface area contributed by atoms with Crippen molar-refractivity contribution in [3.63, 3.8) is 0 Å². The average Bonchev–Trinajstić information content (AvgIpc) is 3.34. The van der Waals surface area contributed by atoms with Crippen molar-refractivity contribution in [2.24, 2.45) is 5.14 Å². The van der Waals surface area contributed by atoms with Crippen molar-refractivity contribution in [2.45, 2.75) is 11.3 Å². The first-order valence-electron chi connectivity index (χ1n) is 9.66. The van der Waals surface area contributed by atoms with E-state index in [4.69, 9.17) is 14.6 Å². The van der Waals surface area contributed by atoms with Gasteiger partial charge in [0.25, 0.3) is 0 Å². The minimum atomic E-state index is -3.72. The smallest absolute Gasteiger partial charge is 0.325 e. The first kappa shape index (κ1) is 20.9. The number of hydrogen-bond donors (Lipinski definition) is 2. The molecule has 31 heavy (non-hydrogen) atoms. The number of ether oxygens (including phenoxy) is 2. The van der Waals surface area contributed by atoms with Crippen LogP contribution in [0.3, 0.4) is 0 Å². The molecule has 2 aromatic carbocycles. The number of carbonyl (C=O) groups is 2. The molecule has 0 radical (unpaired) electrons. The highest BCUT2D eigenvalue weighted by Gasteiger charge is 2.31. The second kappa shape index (κ2) is 8.44. The van der Waals surface area contributed by atoms with Crippen LogP contribution in [0.2, 0.25) is 0 Å². The number of primary sulfonamides is 1. The van der Waals surface area contributed by atoms with Crippen molar-refractivity contribution in [3.8, 4) is 11.5 Å². The highest BCUT2D eigenvalue weighted by atomic mass is 32.2. The number of nitrogens with zero attached hydrogens (tertiary/aromatic N) is 2. The van der Waals surface area contributed by atoms with E-state index in [2.05, 4.69) is 5.32 Å². The summed E-state index contributed by atoms with van der Waals surface area (Å²) in [5, 5.41) is 7.86. The largest absolute Gasteiger partial charge is 0.454 e. The number of sulfonamides is 1. The van der Waals surface area contributed by atoms with Crippen molar-refractivity contribution in [2.75, 3.05) is 37.9 Å². The van der Waals surface area contributed by atoms with Crippen LogP contribution >= 0.6 is 0 Å². The van der Waals surface area contributed by atoms with E-state index in [0.29, 0.717) is 43.2 Å². The lowest BCUT2D eigenvalue weighted by molar-refractivity contribution is -0.121. The number of hydrogen-bond acceptors (Lipinski definition) is 6. The summed E-state index contributed by atoms with van der Waals surface area (Å²) >= 11 is 0. The third-order valence-electron chi connectivity index (χ3n) is 5.08. The molecule has 1 saturated heterocycles. The molecule has 0 bridgehead atoms. The van der Waals surface area contributed by atoms with Crippen molar-refractivity contribution < 1.29 is 27.5 Å². The molecule has 0 aromatic heterocycles. The summed E-state index contributed by atoms with van der Waals surface area (Å²) in [4.78, 5) is 28.1. The van der Waals surface area contributed by atoms with Gasteiger partial charge in [0.05, 0.1) is 4.90 Å². The van der Waals surface area contributed by atoms with Gasteiger partial charge in [0.1, 0.15) is 6.54 Å². The van der Waals surface area contributed by atoms with E-state index in [1.807, 2.05) is 0 Å². The lowest BCUT2D eigenvalue weighted by atomic mass is 10.1. The van der Waals surface area contributed by atoms with Crippen LogP contribution in [-0.4, -0.2) is 58.2 Å². The first-order valence-corrected chi connectivity index (χ1v) is 11.2. The molecule has 2 heterocycles. The normalized spacial score (nSPS) is 15.5. The van der Waals surface area contributed by atoms with E-state index in [1.54, 1.807) is 35.2 Å². The number of nitrogens with two attached hydrogens (primary N) is 1. The Morgan fingerprint density at radius 2 is 1.81 bits per heavy atom. The highest BCUT2D eigenvalue weighted by Crippen LogP contribution is 2.36. The summed E-state index contributed by atoms with van der Waals surface area (Å²) in [5.74, 6) is 0.978. The molecule has 3 amide bonds. The predicted octanol–water partition coefficient (Wildman–Crippen LogP) is 0.664. The minimum Gasteiger partial charge on any atom is -0.454 e. The third kappa shape index (κ3) is 4.72. The maximum atomic E-state index is 12.7. The lowest BCUT2D eigenvalue weighted by Crippen LogP contribution is -2.40. The lowest BCUT2D eigenvalue weighted by Gasteiger charge is -2.18. The van der Waals surface area contributed by atoms with Crippen LogP contribution in [0.4, 0.5) is 10.5 Å². The molecule has 0 atom stereocenters. The van der Waals surface area contributed by atoms with Crippen LogP contribution in [0.5, 0.6) is 11.5 Å². The van der Waals surface area contributed by atoms with Gasteiger partial charge in [-0.15, -0.1) is 0 Å². The molecule has 164 valence electrons. The molecule has 0 unspecified atom stereocenters. The van der Waals surface area contributed by atoms with Gasteiger partial charge in [-0.2, -0.15) is 0 Å². The monoisotopic (exact) mass is 446 g/mol. The first-order chi connectivity index (χ1) is 14.8. The van der Waals surface area contributed by atoms with E-state index < -0.39 is 10.0 Å². The molecule has 2 aliphatic heterocycles. The van der Waals surface area contributed by atoms with Crippen molar-refractivity contribution in [1.29, 1.82) is 0 Å². The van der Waals surface area contributed by atoms with Gasteiger partial charge in [0.2, 0.25) is 22.7 Å². The molecule has 2 aliphatic rings. The summed E-state index contributed by atoms with van der Waals surface area (Å²) < 4.78 is 33.2. The minimum absolute atomic E-state index is 0.0375. The fourth-order valence-corrected chi connectivity index (χ4v) is 3.96. The Morgan fingerprint density at radius 1 is 1.06 bits per heavy atom. The molecular formula is C20H22N4O6S. The van der Waals surface area contributed by atoms with Crippen LogP contribution in [0.1, 0.15) is 5.56 Å². The summed E-state index contributed by atoms with van der Waals surface area (Å²) in [6, 6.07) is 11.2. The number of carbonyl (C=O) groups excluding carboxylic acids is 2. The second-order valence-corrected chi connectivity index (χ2v) is 8.74.